The Balaban J connectivity index is 2.10. The number of nitrogens with one attached hydrogen (secondary N) is 1. The van der Waals surface area contributed by atoms with Crippen LogP contribution in [0.4, 0.5) is 4.39 Å². The minimum atomic E-state index is -0.624. The van der Waals surface area contributed by atoms with E-state index in [0.29, 0.717) is 16.1 Å². The number of rotatable bonds is 1. The van der Waals surface area contributed by atoms with Gasteiger partial charge in [-0.1, -0.05) is 0 Å². The van der Waals surface area contributed by atoms with E-state index in [1.165, 1.54) is 21.8 Å². The average molecular weight is 327 g/mol. The van der Waals surface area contributed by atoms with Crippen molar-refractivity contribution < 1.29 is 14.0 Å². The number of hydrogen-bond acceptors (Lipinski definition) is 3. The number of aromatic nitrogens is 1. The van der Waals surface area contributed by atoms with Gasteiger partial charge in [-0.05, 0) is 0 Å². The Labute approximate surface area is 113 Å². The van der Waals surface area contributed by atoms with Gasteiger partial charge in [0.25, 0.3) is 0 Å². The number of benzene rings is 1. The van der Waals surface area contributed by atoms with E-state index in [-0.39, 0.29) is 17.9 Å². The molecule has 7 heteroatoms. The molecule has 1 aliphatic heterocycles. The molecule has 5 nitrogen and oxygen atoms in total. The standard InChI is InChI=1S/C12H9FN2O3Se/c13-6-1-2-7-9(5-6)19-15(12(7)18)8-3-4-10(16)14-11(8)17/h1-2,5,8H,3-4H2,(H,14,16,17). The molecule has 1 saturated heterocycles. The monoisotopic (exact) mass is 328 g/mol. The molecule has 3 rings (SSSR count). The molecule has 98 valence electrons. The van der Waals surface area contributed by atoms with Crippen LogP contribution in [0.5, 0.6) is 0 Å². The SMILES string of the molecule is O=C1CCC(n2[se]c3cc(F)ccc3c2=O)C(=O)N1. The van der Waals surface area contributed by atoms with Crippen molar-refractivity contribution in [1.82, 2.24) is 8.88 Å². The maximum atomic E-state index is 13.1. The Morgan fingerprint density at radius 1 is 1.32 bits per heavy atom. The van der Waals surface area contributed by atoms with Gasteiger partial charge in [0.05, 0.1) is 0 Å². The van der Waals surface area contributed by atoms with Crippen LogP contribution in [-0.2, 0) is 9.59 Å². The van der Waals surface area contributed by atoms with Gasteiger partial charge in [-0.2, -0.15) is 0 Å². The van der Waals surface area contributed by atoms with Crippen molar-refractivity contribution in [3.8, 4) is 0 Å². The number of piperidine rings is 1. The number of amides is 2. The van der Waals surface area contributed by atoms with E-state index in [1.54, 1.807) is 0 Å². The Kier molecular flexibility index (Phi) is 2.87. The summed E-state index contributed by atoms with van der Waals surface area (Å²) >= 11 is -0.420. The summed E-state index contributed by atoms with van der Waals surface area (Å²) in [5, 5.41) is 2.68. The van der Waals surface area contributed by atoms with Gasteiger partial charge in [-0.25, -0.2) is 0 Å². The zero-order chi connectivity index (χ0) is 13.6. The molecule has 0 bridgehead atoms. The maximum absolute atomic E-state index is 13.1. The summed E-state index contributed by atoms with van der Waals surface area (Å²) in [6.45, 7) is 0. The minimum absolute atomic E-state index is 0.223. The normalized spacial score (nSPS) is 19.7. The zero-order valence-electron chi connectivity index (χ0n) is 9.68. The zero-order valence-corrected chi connectivity index (χ0v) is 11.4. The van der Waals surface area contributed by atoms with E-state index in [0.717, 1.165) is 0 Å². The van der Waals surface area contributed by atoms with Crippen LogP contribution in [0.2, 0.25) is 0 Å². The molecular formula is C12H9FN2O3Se. The van der Waals surface area contributed by atoms with Gasteiger partial charge in [0.15, 0.2) is 0 Å². The van der Waals surface area contributed by atoms with Crippen LogP contribution in [0.15, 0.2) is 23.0 Å². The van der Waals surface area contributed by atoms with Gasteiger partial charge in [0, 0.05) is 0 Å². The molecule has 1 fully saturated rings. The van der Waals surface area contributed by atoms with E-state index in [2.05, 4.69) is 5.32 Å². The van der Waals surface area contributed by atoms with E-state index in [1.807, 2.05) is 0 Å². The van der Waals surface area contributed by atoms with Gasteiger partial charge < -0.3 is 0 Å². The molecule has 0 aliphatic carbocycles. The number of nitrogens with zero attached hydrogens (tertiary/aromatic N) is 1. The fourth-order valence-electron chi connectivity index (χ4n) is 2.13. The van der Waals surface area contributed by atoms with Crippen molar-refractivity contribution in [2.24, 2.45) is 0 Å². The third-order valence-electron chi connectivity index (χ3n) is 3.06. The van der Waals surface area contributed by atoms with E-state index in [4.69, 9.17) is 0 Å². The Bertz CT molecular complexity index is 749. The molecule has 0 spiro atoms. The van der Waals surface area contributed by atoms with Crippen LogP contribution in [0.3, 0.4) is 0 Å². The van der Waals surface area contributed by atoms with Gasteiger partial charge in [0.1, 0.15) is 0 Å². The van der Waals surface area contributed by atoms with E-state index < -0.39 is 32.5 Å². The van der Waals surface area contributed by atoms with Gasteiger partial charge in [0.2, 0.25) is 0 Å². The second kappa shape index (κ2) is 4.43. The van der Waals surface area contributed by atoms with Crippen molar-refractivity contribution >= 4 is 36.2 Å². The summed E-state index contributed by atoms with van der Waals surface area (Å²) in [6, 6.07) is 3.39. The third-order valence-corrected chi connectivity index (χ3v) is 5.48. The molecule has 1 aromatic heterocycles. The molecule has 0 radical (unpaired) electrons. The predicted molar refractivity (Wildman–Crippen MR) is 66.5 cm³/mol. The van der Waals surface area contributed by atoms with Crippen molar-refractivity contribution in [2.75, 3.05) is 0 Å². The summed E-state index contributed by atoms with van der Waals surface area (Å²) in [6.07, 6.45) is 0.551. The number of carbonyl (C=O) groups excluding carboxylic acids is 2. The molecule has 2 heterocycles. The number of carbonyl (C=O) groups is 2. The van der Waals surface area contributed by atoms with Crippen molar-refractivity contribution in [3.63, 3.8) is 0 Å². The van der Waals surface area contributed by atoms with E-state index in [9.17, 15) is 18.8 Å². The first-order chi connectivity index (χ1) is 9.06. The Morgan fingerprint density at radius 2 is 2.11 bits per heavy atom. The first kappa shape index (κ1) is 12.3. The Hall–Kier alpha value is -1.72. The number of hydrogen-bond donors (Lipinski definition) is 1. The summed E-state index contributed by atoms with van der Waals surface area (Å²) in [4.78, 5) is 35.1. The third kappa shape index (κ3) is 2.05. The molecule has 1 unspecified atom stereocenters. The fourth-order valence-corrected chi connectivity index (χ4v) is 4.52. The van der Waals surface area contributed by atoms with Crippen molar-refractivity contribution in [1.29, 1.82) is 0 Å². The molecule has 1 atom stereocenters. The predicted octanol–water partition coefficient (Wildman–Crippen LogP) is 0.175. The quantitative estimate of drug-likeness (QED) is 0.600. The topological polar surface area (TPSA) is 68.2 Å². The first-order valence-corrected chi connectivity index (χ1v) is 7.33. The van der Waals surface area contributed by atoms with E-state index >= 15 is 0 Å². The molecular weight excluding hydrogens is 318 g/mol. The summed E-state index contributed by atoms with van der Waals surface area (Å²) in [5.41, 5.74) is -0.260. The Morgan fingerprint density at radius 3 is 2.84 bits per heavy atom. The summed E-state index contributed by atoms with van der Waals surface area (Å²) in [5.74, 6) is -1.15. The second-order valence-electron chi connectivity index (χ2n) is 4.33. The molecule has 1 aliphatic rings. The van der Waals surface area contributed by atoms with Crippen molar-refractivity contribution in [3.05, 3.63) is 34.4 Å². The van der Waals surface area contributed by atoms with Crippen LogP contribution < -0.4 is 10.9 Å². The van der Waals surface area contributed by atoms with Gasteiger partial charge in [-0.15, -0.1) is 0 Å². The van der Waals surface area contributed by atoms with Gasteiger partial charge in [-0.3, -0.25) is 0 Å². The molecule has 19 heavy (non-hydrogen) atoms. The van der Waals surface area contributed by atoms with Crippen LogP contribution in [0, 0.1) is 5.82 Å². The van der Waals surface area contributed by atoms with Crippen molar-refractivity contribution in [2.45, 2.75) is 18.9 Å². The number of fused-ring (bicyclic) bond motifs is 1. The number of halogens is 1. The second-order valence-corrected chi connectivity index (χ2v) is 6.46. The molecule has 1 N–H and O–H groups in total. The first-order valence-electron chi connectivity index (χ1n) is 5.71. The van der Waals surface area contributed by atoms with Gasteiger partial charge >= 0.3 is 112 Å². The van der Waals surface area contributed by atoms with Crippen LogP contribution >= 0.6 is 0 Å². The van der Waals surface area contributed by atoms with Crippen LogP contribution in [-0.4, -0.2) is 30.1 Å². The van der Waals surface area contributed by atoms with Crippen LogP contribution in [0.1, 0.15) is 18.9 Å². The summed E-state index contributed by atoms with van der Waals surface area (Å²) < 4.78 is 15.2. The summed E-state index contributed by atoms with van der Waals surface area (Å²) in [7, 11) is 0. The fraction of sp³-hybridized carbons (Fsp3) is 0.250. The molecule has 2 aromatic rings. The molecule has 1 aromatic carbocycles. The average Bonchev–Trinajstić information content (AvgIpc) is 2.66. The molecule has 2 amide bonds. The molecule has 0 saturated carbocycles. The number of imide groups is 1. The van der Waals surface area contributed by atoms with Crippen LogP contribution in [0.25, 0.3) is 9.65 Å².